The molecule has 20 rings (SSSR count). The molecule has 19 heterocycles. The first-order valence-corrected chi connectivity index (χ1v) is 49.3. The summed E-state index contributed by atoms with van der Waals surface area (Å²) in [4.78, 5) is 137. The number of carbonyl (C=O) groups excluding carboxylic acids is 7. The molecule has 1 aliphatic carbocycles. The van der Waals surface area contributed by atoms with Gasteiger partial charge in [0.05, 0.1) is 86.2 Å². The van der Waals surface area contributed by atoms with Crippen molar-refractivity contribution in [2.75, 3.05) is 78.9 Å². The van der Waals surface area contributed by atoms with Crippen LogP contribution >= 0.6 is 0 Å². The van der Waals surface area contributed by atoms with Gasteiger partial charge in [-0.05, 0) is 263 Å². The van der Waals surface area contributed by atoms with Crippen molar-refractivity contribution in [1.82, 2.24) is 119 Å². The molecule has 1 saturated heterocycles. The van der Waals surface area contributed by atoms with Gasteiger partial charge >= 0.3 is 12.2 Å². The zero-order valence-electron chi connectivity index (χ0n) is 85.0. The summed E-state index contributed by atoms with van der Waals surface area (Å²) in [5.41, 5.74) is 18.5. The fourth-order valence-electron chi connectivity index (χ4n) is 16.9. The number of nitrogens with zero attached hydrogens (tertiary/aromatic N) is 22. The van der Waals surface area contributed by atoms with Crippen LogP contribution in [0.1, 0.15) is 186 Å². The molecule has 0 unspecified atom stereocenters. The summed E-state index contributed by atoms with van der Waals surface area (Å²) in [5, 5.41) is 43.4. The fourth-order valence-corrected chi connectivity index (χ4v) is 16.9. The van der Waals surface area contributed by atoms with Crippen LogP contribution in [0, 0.1) is 0 Å². The predicted octanol–water partition coefficient (Wildman–Crippen LogP) is 17.5. The second kappa shape index (κ2) is 48.8. The summed E-state index contributed by atoms with van der Waals surface area (Å²) in [7, 11) is 9.02. The van der Waals surface area contributed by atoms with Gasteiger partial charge in [0.25, 0.3) is 29.5 Å². The number of aromatic nitrogens is 20. The van der Waals surface area contributed by atoms with Crippen LogP contribution in [0.5, 0.6) is 0 Å². The number of carbonyl (C=O) groups is 7. The lowest BCUT2D eigenvalue weighted by molar-refractivity contribution is 0.0261. The molecule has 7 amide bonds. The number of piperidine rings is 1. The van der Waals surface area contributed by atoms with Gasteiger partial charge in [0.15, 0.2) is 0 Å². The van der Waals surface area contributed by atoms with Gasteiger partial charge in [-0.3, -0.25) is 72.3 Å². The van der Waals surface area contributed by atoms with Gasteiger partial charge in [0.1, 0.15) is 68.1 Å². The quantitative estimate of drug-likeness (QED) is 0.0372. The van der Waals surface area contributed by atoms with Gasteiger partial charge in [-0.15, -0.1) is 0 Å². The third-order valence-corrected chi connectivity index (χ3v) is 23.9. The van der Waals surface area contributed by atoms with Crippen LogP contribution in [0.2, 0.25) is 0 Å². The number of aryl methyl sites for hydroxylation is 5. The molecule has 15 aromatic heterocycles. The minimum atomic E-state index is -0.560. The fraction of sp³-hybridized carbons (Fsp3) is 0.279. The minimum absolute atomic E-state index is 0.240. The summed E-state index contributed by atoms with van der Waals surface area (Å²) in [6.45, 7) is 16.7. The van der Waals surface area contributed by atoms with Gasteiger partial charge in [-0.1, -0.05) is 85.0 Å². The standard InChI is InChI=1S/2C25H28N6O3.C21H21N5O.C20H22N6O.C20H20N6O/c1-25(2,3)34-24(33)31-14-8-9-17(15-31)18-11-7-12-20(27-18)23(32)28-21-16-30(4)29-22(21)19-10-5-6-13-26-19;1-25(2,3)34-24(33)31-14-11-17(12-15-31)18-9-7-10-20(27-18)23(32)28-21-16-30(4)29-22(21)19-8-5-6-13-26-19;1-26-14-19(20(25-26)17-10-5-6-13-22-17)24-21(27)18-12-7-11-16(23-18)15-8-3-2-4-9-15;2*1-26-13-18(19(25-26)16-5-2-3-10-22-16)24-20(27)17-7-4-6-15(23-17)14-8-11-21-12-9-14/h5-7,9-13,16H,8,14-15H2,1-4H3,(H,28,32);5-11,13,16H,12,14-15H2,1-4H3,(H,28,32);5-8,10-14H,2-4,9H2,1H3,(H,24,27);2-7,10,13-14,21H,8-9,11-12H2,1H3,(H,24,27);2-8,10,13,21H,9,11-12H2,1H3,(H,24,27). The van der Waals surface area contributed by atoms with E-state index in [1.807, 2.05) is 214 Å². The maximum Gasteiger partial charge on any atom is 0.410 e. The molecule has 149 heavy (non-hydrogen) atoms. The Labute approximate surface area is 862 Å². The van der Waals surface area contributed by atoms with Crippen molar-refractivity contribution in [3.63, 3.8) is 0 Å². The number of anilines is 5. The van der Waals surface area contributed by atoms with Crippen LogP contribution in [-0.4, -0.2) is 214 Å². The topological polar surface area (TPSA) is 447 Å². The first kappa shape index (κ1) is 104. The van der Waals surface area contributed by atoms with Crippen molar-refractivity contribution in [3.05, 3.63) is 325 Å². The van der Waals surface area contributed by atoms with Gasteiger partial charge < -0.3 is 56.5 Å². The summed E-state index contributed by atoms with van der Waals surface area (Å²) in [6.07, 6.45) is 33.7. The van der Waals surface area contributed by atoms with E-state index in [-0.39, 0.29) is 47.4 Å². The molecule has 0 saturated carbocycles. The van der Waals surface area contributed by atoms with E-state index in [1.165, 1.54) is 24.0 Å². The van der Waals surface area contributed by atoms with Crippen LogP contribution in [0.25, 0.3) is 79.2 Å². The Bertz CT molecular complexity index is 7220. The molecule has 762 valence electrons. The highest BCUT2D eigenvalue weighted by atomic mass is 16.6. The molecule has 0 radical (unpaired) electrons. The molecule has 1 fully saturated rings. The zero-order chi connectivity index (χ0) is 105. The van der Waals surface area contributed by atoms with Crippen molar-refractivity contribution in [2.45, 2.75) is 116 Å². The number of amides is 7. The third-order valence-electron chi connectivity index (χ3n) is 23.9. The van der Waals surface area contributed by atoms with Crippen LogP contribution in [0.4, 0.5) is 38.0 Å². The Balaban J connectivity index is 0.000000133. The van der Waals surface area contributed by atoms with E-state index in [0.717, 1.165) is 86.5 Å². The number of ether oxygens (including phenoxy) is 2. The molecule has 4 aliphatic heterocycles. The lowest BCUT2D eigenvalue weighted by Crippen LogP contribution is -2.39. The Morgan fingerprint density at radius 1 is 0.322 bits per heavy atom. The third kappa shape index (κ3) is 28.5. The van der Waals surface area contributed by atoms with Crippen LogP contribution in [0.3, 0.4) is 0 Å². The average Bonchev–Trinajstić information content (AvgIpc) is 1.79. The SMILES string of the molecule is Cn1cc(NC(=O)c2cccc(C3=CCCCC3)n2)c(-c2ccccn2)n1.Cn1cc(NC(=O)c2cccc(C3=CCCN(C(=O)OC(C)(C)C)C3)n2)c(-c2ccccn2)n1.Cn1cc(NC(=O)c2cccc(C3=CCN(C(=O)OC(C)(C)C)CC3)n2)c(-c2ccccn2)n1.Cn1cc(NC(=O)c2cccc(C3=CCNCC3)n2)c(-c2ccccn2)n1.Cn1cc(NC(=O)c2cccc(C3CCNCC3)n2)c(-c2ccccn2)n1. The molecular weight excluding hydrogens is 1880 g/mol. The normalized spacial score (nSPS) is 14.1. The van der Waals surface area contributed by atoms with Crippen molar-refractivity contribution in [1.29, 1.82) is 0 Å². The largest absolute Gasteiger partial charge is 0.444 e. The lowest BCUT2D eigenvalue weighted by Gasteiger charge is -2.30. The van der Waals surface area contributed by atoms with Crippen molar-refractivity contribution < 1.29 is 43.0 Å². The Kier molecular flexibility index (Phi) is 34.1. The van der Waals surface area contributed by atoms with Gasteiger partial charge in [-0.25, -0.2) is 34.5 Å². The number of nitrogens with one attached hydrogen (secondary N) is 7. The zero-order valence-corrected chi connectivity index (χ0v) is 85.0. The first-order valence-electron chi connectivity index (χ1n) is 49.3. The first-order chi connectivity index (χ1) is 72.0. The molecule has 38 nitrogen and oxygen atoms in total. The Morgan fingerprint density at radius 2 is 0.651 bits per heavy atom. The molecule has 7 N–H and O–H groups in total. The predicted molar refractivity (Wildman–Crippen MR) is 571 cm³/mol. The van der Waals surface area contributed by atoms with E-state index >= 15 is 0 Å². The van der Waals surface area contributed by atoms with E-state index in [0.29, 0.717) is 164 Å². The van der Waals surface area contributed by atoms with Gasteiger partial charge in [0, 0.05) is 135 Å². The second-order valence-electron chi connectivity index (χ2n) is 37.8. The molecule has 0 bridgehead atoms. The smallest absolute Gasteiger partial charge is 0.410 e. The van der Waals surface area contributed by atoms with Gasteiger partial charge in [-0.2, -0.15) is 25.5 Å². The number of rotatable bonds is 20. The lowest BCUT2D eigenvalue weighted by atomic mass is 9.94. The number of pyridine rings is 10. The van der Waals surface area contributed by atoms with Gasteiger partial charge in [0.2, 0.25) is 0 Å². The number of allylic oxidation sites excluding steroid dienone is 2. The monoisotopic (exact) mass is 2000 g/mol. The van der Waals surface area contributed by atoms with Crippen LogP contribution in [-0.2, 0) is 44.7 Å². The van der Waals surface area contributed by atoms with E-state index in [1.54, 1.807) is 152 Å². The molecule has 5 aliphatic rings. The van der Waals surface area contributed by atoms with E-state index in [2.05, 4.69) is 125 Å². The molecule has 0 spiro atoms. The molecular formula is C111H119N29O9. The molecule has 38 heteroatoms. The van der Waals surface area contributed by atoms with E-state index < -0.39 is 11.2 Å². The van der Waals surface area contributed by atoms with E-state index in [4.69, 9.17) is 9.47 Å². The van der Waals surface area contributed by atoms with Crippen LogP contribution in [0.15, 0.2) is 268 Å². The average molecular weight is 2000 g/mol. The maximum atomic E-state index is 13.0. The maximum absolute atomic E-state index is 13.0. The summed E-state index contributed by atoms with van der Waals surface area (Å²) < 4.78 is 19.2. The van der Waals surface area contributed by atoms with E-state index in [9.17, 15) is 33.6 Å². The summed E-state index contributed by atoms with van der Waals surface area (Å²) in [6, 6.07) is 55.3. The van der Waals surface area contributed by atoms with Crippen molar-refractivity contribution >= 4 is 92.5 Å². The second-order valence-corrected chi connectivity index (χ2v) is 37.8. The van der Waals surface area contributed by atoms with Crippen molar-refractivity contribution in [2.24, 2.45) is 35.2 Å². The molecule has 0 atom stereocenters. The highest BCUT2D eigenvalue weighted by molar-refractivity contribution is 6.08. The van der Waals surface area contributed by atoms with Crippen molar-refractivity contribution in [3.8, 4) is 56.9 Å². The van der Waals surface area contributed by atoms with Crippen LogP contribution < -0.4 is 37.2 Å². The minimum Gasteiger partial charge on any atom is -0.444 e. The molecule has 0 aromatic carbocycles. The number of hydrogen-bond donors (Lipinski definition) is 7. The number of hydrogen-bond acceptors (Lipinski definition) is 26. The Hall–Kier alpha value is -17.7. The molecule has 15 aromatic rings. The highest BCUT2D eigenvalue weighted by Crippen LogP contribution is 2.35. The Morgan fingerprint density at radius 3 is 0.973 bits per heavy atom. The summed E-state index contributed by atoms with van der Waals surface area (Å²) in [5.74, 6) is -1.04. The highest BCUT2D eigenvalue weighted by Gasteiger charge is 2.31. The summed E-state index contributed by atoms with van der Waals surface area (Å²) >= 11 is 0.